The van der Waals surface area contributed by atoms with Gasteiger partial charge in [0.15, 0.2) is 0 Å². The quantitative estimate of drug-likeness (QED) is 0.430. The molecule has 2 atom stereocenters. The number of esters is 2. The molecule has 0 aliphatic carbocycles. The Hall–Kier alpha value is -1.72. The van der Waals surface area contributed by atoms with Gasteiger partial charge in [-0.1, -0.05) is 29.8 Å². The summed E-state index contributed by atoms with van der Waals surface area (Å²) in [6.45, 7) is 6.93. The molecule has 0 aromatic heterocycles. The minimum absolute atomic E-state index is 0.158. The molecule has 5 nitrogen and oxygen atoms in total. The lowest BCUT2D eigenvalue weighted by molar-refractivity contribution is -0.167. The van der Waals surface area contributed by atoms with E-state index in [1.54, 1.807) is 31.2 Å². The van der Waals surface area contributed by atoms with Gasteiger partial charge in [-0.05, 0) is 43.7 Å². The van der Waals surface area contributed by atoms with Gasteiger partial charge in [0, 0.05) is 5.02 Å². The Balaban J connectivity index is 2.66. The molecule has 0 heterocycles. The number of halogens is 2. The van der Waals surface area contributed by atoms with Gasteiger partial charge < -0.3 is 14.2 Å². The van der Waals surface area contributed by atoms with Crippen LogP contribution in [0.15, 0.2) is 36.4 Å². The first kappa shape index (κ1) is 18.3. The molecular formula is C15H16Cl2O5. The van der Waals surface area contributed by atoms with Gasteiger partial charge >= 0.3 is 11.9 Å². The molecule has 0 bridgehead atoms. The fourth-order valence-electron chi connectivity index (χ4n) is 1.42. The Morgan fingerprint density at radius 2 is 1.82 bits per heavy atom. The first-order valence-corrected chi connectivity index (χ1v) is 7.25. The maximum Gasteiger partial charge on any atom is 0.364 e. The number of hydrogen-bond donors (Lipinski definition) is 0. The van der Waals surface area contributed by atoms with Crippen LogP contribution in [0.2, 0.25) is 5.02 Å². The number of carbonyl (C=O) groups is 2. The van der Waals surface area contributed by atoms with E-state index in [1.165, 1.54) is 6.92 Å². The second kappa shape index (κ2) is 8.66. The van der Waals surface area contributed by atoms with Crippen molar-refractivity contribution in [1.82, 2.24) is 0 Å². The summed E-state index contributed by atoms with van der Waals surface area (Å²) in [6, 6.07) is 6.27. The van der Waals surface area contributed by atoms with E-state index in [0.29, 0.717) is 16.3 Å². The molecule has 1 aromatic rings. The Labute approximate surface area is 138 Å². The van der Waals surface area contributed by atoms with Crippen molar-refractivity contribution < 1.29 is 23.8 Å². The first-order chi connectivity index (χ1) is 10.3. The average molecular weight is 347 g/mol. The van der Waals surface area contributed by atoms with Crippen molar-refractivity contribution in [3.63, 3.8) is 0 Å². The minimum Gasteiger partial charge on any atom is -0.463 e. The molecule has 22 heavy (non-hydrogen) atoms. The third-order valence-corrected chi connectivity index (χ3v) is 2.94. The number of rotatable bonds is 7. The largest absolute Gasteiger partial charge is 0.463 e. The van der Waals surface area contributed by atoms with E-state index < -0.39 is 23.6 Å². The number of benzene rings is 1. The zero-order valence-corrected chi connectivity index (χ0v) is 13.7. The van der Waals surface area contributed by atoms with Crippen LogP contribution < -0.4 is 4.74 Å². The van der Waals surface area contributed by atoms with Gasteiger partial charge in [-0.25, -0.2) is 9.59 Å². The molecule has 0 radical (unpaired) electrons. The Morgan fingerprint density at radius 3 is 2.32 bits per heavy atom. The maximum absolute atomic E-state index is 11.9. The normalized spacial score (nSPS) is 12.9. The highest BCUT2D eigenvalue weighted by atomic mass is 35.5. The van der Waals surface area contributed by atoms with Gasteiger partial charge in [0.25, 0.3) is 5.56 Å². The van der Waals surface area contributed by atoms with Crippen LogP contribution in [-0.4, -0.2) is 30.2 Å². The molecule has 0 aliphatic heterocycles. The Morgan fingerprint density at radius 1 is 1.23 bits per heavy atom. The van der Waals surface area contributed by atoms with Crippen LogP contribution in [0.3, 0.4) is 0 Å². The van der Waals surface area contributed by atoms with Crippen LogP contribution in [0, 0.1) is 0 Å². The third kappa shape index (κ3) is 5.58. The van der Waals surface area contributed by atoms with Crippen LogP contribution in [-0.2, 0) is 19.1 Å². The lowest BCUT2D eigenvalue weighted by atomic mass is 10.2. The van der Waals surface area contributed by atoms with Crippen LogP contribution in [0.1, 0.15) is 13.8 Å². The highest BCUT2D eigenvalue weighted by Gasteiger charge is 2.29. The lowest BCUT2D eigenvalue weighted by Gasteiger charge is -2.18. The smallest absolute Gasteiger partial charge is 0.364 e. The van der Waals surface area contributed by atoms with Crippen molar-refractivity contribution in [1.29, 1.82) is 0 Å². The van der Waals surface area contributed by atoms with E-state index in [1.807, 2.05) is 0 Å². The predicted octanol–water partition coefficient (Wildman–Crippen LogP) is 3.33. The van der Waals surface area contributed by atoms with E-state index in [0.717, 1.165) is 0 Å². The molecule has 2 unspecified atom stereocenters. The molecule has 0 N–H and O–H groups in total. The molecular weight excluding hydrogens is 331 g/mol. The molecule has 1 rings (SSSR count). The molecule has 0 aliphatic rings. The number of hydrogen-bond acceptors (Lipinski definition) is 5. The number of alkyl halides is 1. The fraction of sp³-hybridized carbons (Fsp3) is 0.333. The van der Waals surface area contributed by atoms with E-state index in [9.17, 15) is 9.59 Å². The SMILES string of the molecule is C=C(C)C(OC(=O)C(Cl)Oc1ccc(Cl)cc1)C(=O)OCC. The Kier molecular flexibility index (Phi) is 7.21. The second-order valence-corrected chi connectivity index (χ2v) is 5.14. The first-order valence-electron chi connectivity index (χ1n) is 6.44. The second-order valence-electron chi connectivity index (χ2n) is 4.30. The van der Waals surface area contributed by atoms with E-state index in [2.05, 4.69) is 6.58 Å². The molecule has 0 fully saturated rings. The third-order valence-electron chi connectivity index (χ3n) is 2.42. The number of ether oxygens (including phenoxy) is 3. The van der Waals surface area contributed by atoms with Crippen LogP contribution in [0.4, 0.5) is 0 Å². The zero-order chi connectivity index (χ0) is 16.7. The standard InChI is InChI=1S/C15H16Cl2O5/c1-4-20-14(18)12(9(2)3)22-15(19)13(17)21-11-7-5-10(16)6-8-11/h5-8,12-13H,2,4H2,1,3H3. The summed E-state index contributed by atoms with van der Waals surface area (Å²) in [5, 5.41) is 0.519. The van der Waals surface area contributed by atoms with E-state index >= 15 is 0 Å². The monoisotopic (exact) mass is 346 g/mol. The van der Waals surface area contributed by atoms with E-state index in [-0.39, 0.29) is 6.61 Å². The van der Waals surface area contributed by atoms with Gasteiger partial charge in [-0.3, -0.25) is 0 Å². The van der Waals surface area contributed by atoms with Crippen LogP contribution >= 0.6 is 23.2 Å². The molecule has 0 saturated heterocycles. The minimum atomic E-state index is -1.42. The summed E-state index contributed by atoms with van der Waals surface area (Å²) in [5.41, 5.74) is -1.10. The highest BCUT2D eigenvalue weighted by Crippen LogP contribution is 2.19. The molecule has 7 heteroatoms. The van der Waals surface area contributed by atoms with Crippen molar-refractivity contribution in [3.8, 4) is 5.75 Å². The zero-order valence-electron chi connectivity index (χ0n) is 12.2. The summed E-state index contributed by atoms with van der Waals surface area (Å²) in [5.74, 6) is -1.29. The van der Waals surface area contributed by atoms with Crippen molar-refractivity contribution in [2.75, 3.05) is 6.61 Å². The predicted molar refractivity (Wildman–Crippen MR) is 83.0 cm³/mol. The number of carbonyl (C=O) groups excluding carboxylic acids is 2. The summed E-state index contributed by atoms with van der Waals surface area (Å²) in [6.07, 6.45) is -1.22. The lowest BCUT2D eigenvalue weighted by Crippen LogP contribution is -2.34. The molecule has 0 saturated carbocycles. The molecule has 0 amide bonds. The summed E-state index contributed by atoms with van der Waals surface area (Å²) in [7, 11) is 0. The molecule has 1 aromatic carbocycles. The van der Waals surface area contributed by atoms with Crippen molar-refractivity contribution in [2.45, 2.75) is 25.5 Å². The Bertz CT molecular complexity index is 541. The van der Waals surface area contributed by atoms with Gasteiger partial charge in [-0.2, -0.15) is 0 Å². The fourth-order valence-corrected chi connectivity index (χ4v) is 1.70. The topological polar surface area (TPSA) is 61.8 Å². The van der Waals surface area contributed by atoms with E-state index in [4.69, 9.17) is 37.4 Å². The van der Waals surface area contributed by atoms with Gasteiger partial charge in [0.1, 0.15) is 5.75 Å². The van der Waals surface area contributed by atoms with Crippen LogP contribution in [0.25, 0.3) is 0 Å². The molecule has 120 valence electrons. The average Bonchev–Trinajstić information content (AvgIpc) is 2.46. The van der Waals surface area contributed by atoms with Gasteiger partial charge in [0.2, 0.25) is 6.10 Å². The highest BCUT2D eigenvalue weighted by molar-refractivity contribution is 6.30. The van der Waals surface area contributed by atoms with Crippen molar-refractivity contribution in [3.05, 3.63) is 41.4 Å². The van der Waals surface area contributed by atoms with Gasteiger partial charge in [0.05, 0.1) is 6.61 Å². The van der Waals surface area contributed by atoms with Crippen molar-refractivity contribution >= 4 is 35.1 Å². The molecule has 0 spiro atoms. The van der Waals surface area contributed by atoms with Gasteiger partial charge in [-0.15, -0.1) is 0 Å². The summed E-state index contributed by atoms with van der Waals surface area (Å²) < 4.78 is 15.0. The maximum atomic E-state index is 11.9. The van der Waals surface area contributed by atoms with Crippen molar-refractivity contribution in [2.24, 2.45) is 0 Å². The van der Waals surface area contributed by atoms with Crippen LogP contribution in [0.5, 0.6) is 5.75 Å². The summed E-state index contributed by atoms with van der Waals surface area (Å²) in [4.78, 5) is 23.6. The summed E-state index contributed by atoms with van der Waals surface area (Å²) >= 11 is 11.6.